The highest BCUT2D eigenvalue weighted by Crippen LogP contribution is 2.26. The van der Waals surface area contributed by atoms with E-state index in [0.29, 0.717) is 4.99 Å². The van der Waals surface area contributed by atoms with Crippen molar-refractivity contribution in [2.24, 2.45) is 0 Å². The summed E-state index contributed by atoms with van der Waals surface area (Å²) in [7, 11) is 0. The van der Waals surface area contributed by atoms with Crippen LogP contribution in [0.25, 0.3) is 16.7 Å². The molecule has 0 bridgehead atoms. The highest BCUT2D eigenvalue weighted by atomic mass is 32.1. The molecule has 4 aromatic rings. The zero-order chi connectivity index (χ0) is 16.7. The molecule has 120 valence electrons. The van der Waals surface area contributed by atoms with Crippen LogP contribution in [0.15, 0.2) is 54.6 Å². The van der Waals surface area contributed by atoms with Crippen molar-refractivity contribution in [3.05, 3.63) is 65.9 Å². The summed E-state index contributed by atoms with van der Waals surface area (Å²) in [6.07, 6.45) is 0. The molecule has 0 radical (unpaired) electrons. The van der Waals surface area contributed by atoms with Gasteiger partial charge in [-0.25, -0.2) is 4.52 Å². The fourth-order valence-corrected chi connectivity index (χ4v) is 3.58. The van der Waals surface area contributed by atoms with E-state index in [1.807, 2.05) is 47.8 Å². The topological polar surface area (TPSA) is 34.3 Å². The average molecular weight is 334 g/mol. The molecule has 2 aromatic carbocycles. The second-order valence-electron chi connectivity index (χ2n) is 5.75. The van der Waals surface area contributed by atoms with Gasteiger partial charge in [0, 0.05) is 12.2 Å². The number of thiocarbonyl (C=S) groups is 1. The van der Waals surface area contributed by atoms with Crippen molar-refractivity contribution in [3.8, 4) is 0 Å². The molecule has 2 aromatic heterocycles. The largest absolute Gasteiger partial charge is 0.346 e. The van der Waals surface area contributed by atoms with E-state index >= 15 is 0 Å². The van der Waals surface area contributed by atoms with Gasteiger partial charge in [0.25, 0.3) is 0 Å². The molecular weight excluding hydrogens is 316 g/mol. The number of benzene rings is 2. The van der Waals surface area contributed by atoms with Gasteiger partial charge in [0.15, 0.2) is 0 Å². The zero-order valence-corrected chi connectivity index (χ0v) is 14.5. The second kappa shape index (κ2) is 5.76. The lowest BCUT2D eigenvalue weighted by Crippen LogP contribution is -2.12. The van der Waals surface area contributed by atoms with Gasteiger partial charge in [-0.3, -0.25) is 0 Å². The highest BCUT2D eigenvalue weighted by molar-refractivity contribution is 7.81. The minimum absolute atomic E-state index is 0.700. The first-order valence-electron chi connectivity index (χ1n) is 8.03. The van der Waals surface area contributed by atoms with E-state index in [1.54, 1.807) is 0 Å². The molecular formula is C19H18N4S. The molecule has 0 aliphatic rings. The molecule has 0 saturated carbocycles. The number of hydrogen-bond donors (Lipinski definition) is 1. The molecule has 4 nitrogen and oxygen atoms in total. The van der Waals surface area contributed by atoms with E-state index in [0.717, 1.165) is 34.7 Å². The van der Waals surface area contributed by atoms with Gasteiger partial charge < -0.3 is 9.88 Å². The molecule has 4 rings (SSSR count). The Morgan fingerprint density at radius 1 is 1.04 bits per heavy atom. The molecule has 1 N–H and O–H groups in total. The van der Waals surface area contributed by atoms with Crippen molar-refractivity contribution in [3.63, 3.8) is 0 Å². The molecule has 24 heavy (non-hydrogen) atoms. The molecule has 0 aliphatic heterocycles. The maximum Gasteiger partial charge on any atom is 0.147 e. The number of para-hydroxylation sites is 3. The minimum Gasteiger partial charge on any atom is -0.346 e. The maximum atomic E-state index is 5.71. The van der Waals surface area contributed by atoms with E-state index in [9.17, 15) is 0 Å². The van der Waals surface area contributed by atoms with Crippen LogP contribution in [-0.2, 0) is 6.54 Å². The number of nitrogens with zero attached hydrogens (tertiary/aromatic N) is 3. The van der Waals surface area contributed by atoms with Crippen LogP contribution < -0.4 is 5.32 Å². The van der Waals surface area contributed by atoms with Crippen molar-refractivity contribution in [1.29, 1.82) is 0 Å². The molecule has 0 saturated heterocycles. The number of nitrogens with one attached hydrogen (secondary N) is 1. The maximum absolute atomic E-state index is 5.71. The predicted molar refractivity (Wildman–Crippen MR) is 103 cm³/mol. The van der Waals surface area contributed by atoms with E-state index in [2.05, 4.69) is 35.0 Å². The van der Waals surface area contributed by atoms with Gasteiger partial charge in [0.05, 0.1) is 22.3 Å². The van der Waals surface area contributed by atoms with E-state index < -0.39 is 0 Å². The summed E-state index contributed by atoms with van der Waals surface area (Å²) in [5.74, 6) is 0. The number of fused-ring (bicyclic) bond motifs is 3. The molecule has 0 unspecified atom stereocenters. The third kappa shape index (κ3) is 2.20. The van der Waals surface area contributed by atoms with Gasteiger partial charge in [-0.15, -0.1) is 0 Å². The van der Waals surface area contributed by atoms with Gasteiger partial charge >= 0.3 is 0 Å². The Morgan fingerprint density at radius 3 is 2.42 bits per heavy atom. The molecule has 0 spiro atoms. The van der Waals surface area contributed by atoms with Crippen LogP contribution in [0.4, 0.5) is 5.69 Å². The van der Waals surface area contributed by atoms with Crippen molar-refractivity contribution in [2.75, 3.05) is 5.32 Å². The summed E-state index contributed by atoms with van der Waals surface area (Å²) < 4.78 is 4.27. The summed E-state index contributed by atoms with van der Waals surface area (Å²) in [6.45, 7) is 5.02. The summed E-state index contributed by atoms with van der Waals surface area (Å²) in [4.78, 5) is 0.700. The zero-order valence-electron chi connectivity index (χ0n) is 13.7. The number of anilines is 1. The van der Waals surface area contributed by atoms with Crippen molar-refractivity contribution >= 4 is 39.6 Å². The van der Waals surface area contributed by atoms with Crippen LogP contribution in [0.3, 0.4) is 0 Å². The van der Waals surface area contributed by atoms with Gasteiger partial charge in [0.2, 0.25) is 0 Å². The molecule has 0 amide bonds. The van der Waals surface area contributed by atoms with E-state index in [1.165, 1.54) is 5.52 Å². The fourth-order valence-electron chi connectivity index (χ4n) is 3.22. The lowest BCUT2D eigenvalue weighted by atomic mass is 10.2. The first-order valence-corrected chi connectivity index (χ1v) is 8.44. The number of imidazole rings is 1. The van der Waals surface area contributed by atoms with Crippen molar-refractivity contribution in [2.45, 2.75) is 20.4 Å². The molecule has 5 heteroatoms. The van der Waals surface area contributed by atoms with Gasteiger partial charge in [0.1, 0.15) is 10.6 Å². The van der Waals surface area contributed by atoms with Gasteiger partial charge in [-0.05, 0) is 38.1 Å². The summed E-state index contributed by atoms with van der Waals surface area (Å²) in [6, 6.07) is 18.3. The van der Waals surface area contributed by atoms with Crippen molar-refractivity contribution in [1.82, 2.24) is 14.2 Å². The first kappa shape index (κ1) is 14.9. The minimum atomic E-state index is 0.700. The summed E-state index contributed by atoms with van der Waals surface area (Å²) in [5.41, 5.74) is 6.24. The number of aryl methyl sites for hydroxylation is 2. The Morgan fingerprint density at radius 2 is 1.71 bits per heavy atom. The van der Waals surface area contributed by atoms with E-state index in [4.69, 9.17) is 17.3 Å². The smallest absolute Gasteiger partial charge is 0.147 e. The normalized spacial score (nSPS) is 11.2. The van der Waals surface area contributed by atoms with Crippen molar-refractivity contribution < 1.29 is 0 Å². The predicted octanol–water partition coefficient (Wildman–Crippen LogP) is 4.40. The van der Waals surface area contributed by atoms with Crippen LogP contribution >= 0.6 is 12.2 Å². The molecule has 0 aliphatic carbocycles. The third-order valence-electron chi connectivity index (χ3n) is 4.27. The summed E-state index contributed by atoms with van der Waals surface area (Å²) in [5, 5.41) is 8.08. The Labute approximate surface area is 145 Å². The highest BCUT2D eigenvalue weighted by Gasteiger charge is 2.20. The molecule has 2 heterocycles. The Bertz CT molecular complexity index is 1040. The Kier molecular flexibility index (Phi) is 3.58. The Balaban J connectivity index is 1.92. The lowest BCUT2D eigenvalue weighted by Gasteiger charge is -2.09. The average Bonchev–Trinajstić information content (AvgIpc) is 3.08. The van der Waals surface area contributed by atoms with Gasteiger partial charge in [-0.2, -0.15) is 5.10 Å². The van der Waals surface area contributed by atoms with Crippen LogP contribution in [0.1, 0.15) is 18.2 Å². The Hall–Kier alpha value is -2.66. The monoisotopic (exact) mass is 334 g/mol. The van der Waals surface area contributed by atoms with Gasteiger partial charge in [-0.1, -0.05) is 42.5 Å². The molecule has 0 atom stereocenters. The summed E-state index contributed by atoms with van der Waals surface area (Å²) >= 11 is 5.71. The number of aromatic nitrogens is 3. The van der Waals surface area contributed by atoms with E-state index in [-0.39, 0.29) is 0 Å². The fraction of sp³-hybridized carbons (Fsp3) is 0.158. The standard InChI is InChI=1S/C19H18N4S/c1-3-22-15-11-7-8-12-16(15)23-19(22)17(13(2)21-23)18(24)20-14-9-5-4-6-10-14/h4-12H,3H2,1-2H3,(H,20,24). The SMILES string of the molecule is CCn1c2ccccc2n2nc(C)c(C(=S)Nc3ccccc3)c12. The second-order valence-corrected chi connectivity index (χ2v) is 6.16. The van der Waals surface area contributed by atoms with Crippen LogP contribution in [0, 0.1) is 6.92 Å². The number of rotatable bonds is 3. The van der Waals surface area contributed by atoms with Crippen LogP contribution in [-0.4, -0.2) is 19.2 Å². The first-order chi connectivity index (χ1) is 11.7. The molecule has 0 fully saturated rings. The number of hydrogen-bond acceptors (Lipinski definition) is 2. The quantitative estimate of drug-likeness (QED) is 0.564. The lowest BCUT2D eigenvalue weighted by molar-refractivity contribution is 0.811. The van der Waals surface area contributed by atoms with Crippen LogP contribution in [0.2, 0.25) is 0 Å². The van der Waals surface area contributed by atoms with Crippen LogP contribution in [0.5, 0.6) is 0 Å². The third-order valence-corrected chi connectivity index (χ3v) is 4.57.